The highest BCUT2D eigenvalue weighted by molar-refractivity contribution is 5.73. The monoisotopic (exact) mass is 254 g/mol. The smallest absolute Gasteiger partial charge is 0.314 e. The number of hydrogen-bond donors (Lipinski definition) is 3. The van der Waals surface area contributed by atoms with E-state index in [2.05, 4.69) is 22.8 Å². The minimum Gasteiger partial charge on any atom is -0.481 e. The lowest BCUT2D eigenvalue weighted by atomic mass is 9.94. The maximum absolute atomic E-state index is 11.4. The van der Waals surface area contributed by atoms with Gasteiger partial charge in [-0.25, -0.2) is 4.79 Å². The summed E-state index contributed by atoms with van der Waals surface area (Å²) in [6.45, 7) is 1.25. The molecule has 102 valence electrons. The Morgan fingerprint density at radius 2 is 2.06 bits per heavy atom. The van der Waals surface area contributed by atoms with Crippen LogP contribution in [0, 0.1) is 5.92 Å². The number of rotatable bonds is 7. The van der Waals surface area contributed by atoms with Gasteiger partial charge in [-0.15, -0.1) is 0 Å². The lowest BCUT2D eigenvalue weighted by Gasteiger charge is -2.18. The number of carboxylic acids is 1. The molecule has 1 aliphatic carbocycles. The second-order valence-corrected chi connectivity index (χ2v) is 4.64. The molecule has 0 radical (unpaired) electrons. The lowest BCUT2D eigenvalue weighted by Crippen LogP contribution is -2.38. The third-order valence-corrected chi connectivity index (χ3v) is 3.03. The second kappa shape index (κ2) is 8.55. The maximum Gasteiger partial charge on any atom is 0.314 e. The first-order valence-electron chi connectivity index (χ1n) is 6.57. The summed E-state index contributed by atoms with van der Waals surface area (Å²) in [5.41, 5.74) is 0. The van der Waals surface area contributed by atoms with E-state index in [-0.39, 0.29) is 12.5 Å². The van der Waals surface area contributed by atoms with Gasteiger partial charge in [0, 0.05) is 19.5 Å². The molecule has 0 aromatic heterocycles. The Morgan fingerprint density at radius 3 is 2.72 bits per heavy atom. The fraction of sp³-hybridized carbons (Fsp3) is 0.692. The first-order chi connectivity index (χ1) is 8.68. The van der Waals surface area contributed by atoms with E-state index in [9.17, 15) is 9.59 Å². The van der Waals surface area contributed by atoms with Gasteiger partial charge in [-0.3, -0.25) is 4.79 Å². The molecule has 0 saturated carbocycles. The Bertz CT molecular complexity index is 303. The summed E-state index contributed by atoms with van der Waals surface area (Å²) < 4.78 is 0. The predicted octanol–water partition coefficient (Wildman–Crippen LogP) is 1.90. The van der Waals surface area contributed by atoms with Gasteiger partial charge in [0.05, 0.1) is 0 Å². The molecule has 1 aliphatic rings. The minimum absolute atomic E-state index is 0.153. The van der Waals surface area contributed by atoms with Gasteiger partial charge < -0.3 is 15.7 Å². The highest BCUT2D eigenvalue weighted by Gasteiger charge is 2.10. The van der Waals surface area contributed by atoms with E-state index in [0.29, 0.717) is 31.8 Å². The molecule has 0 aromatic rings. The molecular formula is C13H22N2O3. The zero-order valence-corrected chi connectivity index (χ0v) is 10.7. The molecule has 1 rings (SSSR count). The van der Waals surface area contributed by atoms with Crippen LogP contribution in [0.3, 0.4) is 0 Å². The fourth-order valence-electron chi connectivity index (χ4n) is 1.94. The van der Waals surface area contributed by atoms with Gasteiger partial charge in [-0.2, -0.15) is 0 Å². The number of urea groups is 1. The molecule has 0 fully saturated rings. The number of hydrogen-bond acceptors (Lipinski definition) is 2. The van der Waals surface area contributed by atoms with E-state index < -0.39 is 5.97 Å². The molecule has 0 aliphatic heterocycles. The molecule has 3 N–H and O–H groups in total. The number of carboxylic acid groups (broad SMARTS) is 1. The SMILES string of the molecule is O=C(O)CCCCNC(=O)NCC1CC=CCC1. The average Bonchev–Trinajstić information content (AvgIpc) is 2.37. The third-order valence-electron chi connectivity index (χ3n) is 3.03. The number of carbonyl (C=O) groups is 2. The lowest BCUT2D eigenvalue weighted by molar-refractivity contribution is -0.137. The summed E-state index contributed by atoms with van der Waals surface area (Å²) in [4.78, 5) is 21.7. The largest absolute Gasteiger partial charge is 0.481 e. The van der Waals surface area contributed by atoms with Crippen LogP contribution in [0.5, 0.6) is 0 Å². The van der Waals surface area contributed by atoms with Crippen molar-refractivity contribution >= 4 is 12.0 Å². The second-order valence-electron chi connectivity index (χ2n) is 4.64. The Labute approximate surface area is 108 Å². The number of amides is 2. The molecule has 0 bridgehead atoms. The van der Waals surface area contributed by atoms with Gasteiger partial charge in [0.25, 0.3) is 0 Å². The summed E-state index contributed by atoms with van der Waals surface area (Å²) in [6.07, 6.45) is 9.09. The summed E-state index contributed by atoms with van der Waals surface area (Å²) in [6, 6.07) is -0.153. The first kappa shape index (κ1) is 14.5. The Balaban J connectivity index is 1.96. The van der Waals surface area contributed by atoms with E-state index in [1.807, 2.05) is 0 Å². The standard InChI is InChI=1S/C13H22N2O3/c16-12(17)8-4-5-9-14-13(18)15-10-11-6-2-1-3-7-11/h1-2,11H,3-10H2,(H,16,17)(H2,14,15,18). The molecule has 0 aromatic carbocycles. The van der Waals surface area contributed by atoms with E-state index in [4.69, 9.17) is 5.11 Å². The van der Waals surface area contributed by atoms with Gasteiger partial charge in [0.1, 0.15) is 0 Å². The summed E-state index contributed by atoms with van der Waals surface area (Å²) >= 11 is 0. The molecule has 1 atom stereocenters. The van der Waals surface area contributed by atoms with Gasteiger partial charge in [-0.1, -0.05) is 12.2 Å². The Morgan fingerprint density at radius 1 is 1.22 bits per heavy atom. The zero-order valence-electron chi connectivity index (χ0n) is 10.7. The number of unbranched alkanes of at least 4 members (excludes halogenated alkanes) is 1. The van der Waals surface area contributed by atoms with Gasteiger partial charge in [0.2, 0.25) is 0 Å². The maximum atomic E-state index is 11.4. The van der Waals surface area contributed by atoms with Crippen LogP contribution in [-0.2, 0) is 4.79 Å². The molecule has 5 heteroatoms. The number of aliphatic carboxylic acids is 1. The fourth-order valence-corrected chi connectivity index (χ4v) is 1.94. The molecule has 0 spiro atoms. The number of allylic oxidation sites excluding steroid dienone is 2. The Hall–Kier alpha value is -1.52. The molecule has 5 nitrogen and oxygen atoms in total. The number of nitrogens with one attached hydrogen (secondary N) is 2. The highest BCUT2D eigenvalue weighted by Crippen LogP contribution is 2.16. The number of carbonyl (C=O) groups excluding carboxylic acids is 1. The summed E-state index contributed by atoms with van der Waals surface area (Å²) in [5.74, 6) is -0.238. The van der Waals surface area contributed by atoms with Crippen molar-refractivity contribution in [2.45, 2.75) is 38.5 Å². The van der Waals surface area contributed by atoms with E-state index in [1.54, 1.807) is 0 Å². The molecule has 1 unspecified atom stereocenters. The quantitative estimate of drug-likeness (QED) is 0.479. The van der Waals surface area contributed by atoms with Crippen LogP contribution in [0.2, 0.25) is 0 Å². The summed E-state index contributed by atoms with van der Waals surface area (Å²) in [7, 11) is 0. The normalized spacial score (nSPS) is 18.3. The average molecular weight is 254 g/mol. The predicted molar refractivity (Wildman–Crippen MR) is 69.4 cm³/mol. The van der Waals surface area contributed by atoms with Crippen LogP contribution >= 0.6 is 0 Å². The van der Waals surface area contributed by atoms with Crippen LogP contribution in [0.15, 0.2) is 12.2 Å². The van der Waals surface area contributed by atoms with Crippen molar-refractivity contribution in [2.24, 2.45) is 5.92 Å². The van der Waals surface area contributed by atoms with Crippen LogP contribution in [0.25, 0.3) is 0 Å². The first-order valence-corrected chi connectivity index (χ1v) is 6.57. The van der Waals surface area contributed by atoms with Crippen molar-refractivity contribution in [1.29, 1.82) is 0 Å². The van der Waals surface area contributed by atoms with Crippen molar-refractivity contribution in [3.05, 3.63) is 12.2 Å². The molecule has 18 heavy (non-hydrogen) atoms. The molecule has 0 heterocycles. The van der Waals surface area contributed by atoms with Gasteiger partial charge in [0.15, 0.2) is 0 Å². The van der Waals surface area contributed by atoms with E-state index in [1.165, 1.54) is 0 Å². The molecular weight excluding hydrogens is 232 g/mol. The van der Waals surface area contributed by atoms with Gasteiger partial charge >= 0.3 is 12.0 Å². The Kier molecular flexibility index (Phi) is 6.91. The third kappa shape index (κ3) is 6.93. The molecule has 0 saturated heterocycles. The van der Waals surface area contributed by atoms with Crippen molar-refractivity contribution in [3.8, 4) is 0 Å². The van der Waals surface area contributed by atoms with Crippen LogP contribution in [0.4, 0.5) is 4.79 Å². The molecule has 2 amide bonds. The van der Waals surface area contributed by atoms with Crippen LogP contribution in [-0.4, -0.2) is 30.2 Å². The topological polar surface area (TPSA) is 78.4 Å². The van der Waals surface area contributed by atoms with Crippen LogP contribution in [0.1, 0.15) is 38.5 Å². The highest BCUT2D eigenvalue weighted by atomic mass is 16.4. The van der Waals surface area contributed by atoms with Crippen molar-refractivity contribution < 1.29 is 14.7 Å². The van der Waals surface area contributed by atoms with Crippen molar-refractivity contribution in [1.82, 2.24) is 10.6 Å². The van der Waals surface area contributed by atoms with E-state index in [0.717, 1.165) is 19.3 Å². The summed E-state index contributed by atoms with van der Waals surface area (Å²) in [5, 5.41) is 14.0. The van der Waals surface area contributed by atoms with E-state index >= 15 is 0 Å². The van der Waals surface area contributed by atoms with Crippen molar-refractivity contribution in [3.63, 3.8) is 0 Å². The minimum atomic E-state index is -0.787. The van der Waals surface area contributed by atoms with Crippen LogP contribution < -0.4 is 10.6 Å². The zero-order chi connectivity index (χ0) is 13.2. The van der Waals surface area contributed by atoms with Gasteiger partial charge in [-0.05, 0) is 38.0 Å². The van der Waals surface area contributed by atoms with Crippen molar-refractivity contribution in [2.75, 3.05) is 13.1 Å².